The van der Waals surface area contributed by atoms with E-state index in [9.17, 15) is 20.0 Å². The fourth-order valence-corrected chi connectivity index (χ4v) is 3.63. The summed E-state index contributed by atoms with van der Waals surface area (Å²) in [7, 11) is 1.30. The van der Waals surface area contributed by atoms with Crippen LogP contribution in [0.3, 0.4) is 0 Å². The van der Waals surface area contributed by atoms with Crippen LogP contribution < -0.4 is 4.74 Å². The predicted octanol–water partition coefficient (Wildman–Crippen LogP) is 3.40. The average molecular weight is 379 g/mol. The van der Waals surface area contributed by atoms with Crippen LogP contribution in [0.5, 0.6) is 11.5 Å². The Hall–Kier alpha value is -2.55. The lowest BCUT2D eigenvalue weighted by Crippen LogP contribution is -2.35. The normalized spacial score (nSPS) is 17.8. The van der Waals surface area contributed by atoms with Gasteiger partial charge in [-0.05, 0) is 57.2 Å². The molecule has 1 aromatic carbocycles. The number of phenols is 1. The highest BCUT2D eigenvalue weighted by molar-refractivity contribution is 8.18. The summed E-state index contributed by atoms with van der Waals surface area (Å²) in [5, 5.41) is 21.6. The van der Waals surface area contributed by atoms with Crippen LogP contribution in [0.2, 0.25) is 0 Å². The van der Waals surface area contributed by atoms with Gasteiger partial charge in [0.15, 0.2) is 10.9 Å². The number of ether oxygens (including phenoxy) is 1. The van der Waals surface area contributed by atoms with Crippen LogP contribution in [0, 0.1) is 10.1 Å². The molecule has 1 aliphatic rings. The van der Waals surface area contributed by atoms with E-state index < -0.39 is 16.4 Å². The highest BCUT2D eigenvalue weighted by atomic mass is 32.2. The van der Waals surface area contributed by atoms with Gasteiger partial charge in [0.2, 0.25) is 5.75 Å². The Morgan fingerprint density at radius 3 is 2.50 bits per heavy atom. The molecule has 9 heteroatoms. The number of hydrogen-bond donors (Lipinski definition) is 1. The number of carbonyl (C=O) groups is 1. The molecule has 8 nitrogen and oxygen atoms in total. The number of phenolic OH excluding ortho intramolecular Hbond substituents is 1. The van der Waals surface area contributed by atoms with Crippen molar-refractivity contribution in [3.8, 4) is 11.5 Å². The second-order valence-electron chi connectivity index (χ2n) is 6.23. The molecule has 1 amide bonds. The van der Waals surface area contributed by atoms with Crippen molar-refractivity contribution < 1.29 is 19.6 Å². The number of amides is 1. The van der Waals surface area contributed by atoms with E-state index in [4.69, 9.17) is 4.74 Å². The molecule has 1 fully saturated rings. The zero-order valence-electron chi connectivity index (χ0n) is 15.2. The van der Waals surface area contributed by atoms with Gasteiger partial charge in [-0.3, -0.25) is 24.8 Å². The smallest absolute Gasteiger partial charge is 0.315 e. The Labute approximate surface area is 155 Å². The van der Waals surface area contributed by atoms with Gasteiger partial charge in [0, 0.05) is 18.2 Å². The first-order valence-electron chi connectivity index (χ1n) is 8.02. The number of nitro benzene ring substituents is 1. The van der Waals surface area contributed by atoms with E-state index in [2.05, 4.69) is 4.99 Å². The van der Waals surface area contributed by atoms with E-state index in [-0.39, 0.29) is 23.7 Å². The lowest BCUT2D eigenvalue weighted by atomic mass is 10.1. The molecule has 26 heavy (non-hydrogen) atoms. The van der Waals surface area contributed by atoms with Gasteiger partial charge in [0.1, 0.15) is 0 Å². The van der Waals surface area contributed by atoms with Crippen LogP contribution in [-0.2, 0) is 4.79 Å². The molecule has 0 spiro atoms. The Kier molecular flexibility index (Phi) is 5.91. The number of nitrogens with zero attached hydrogens (tertiary/aromatic N) is 3. The molecule has 1 aromatic rings. The third-order valence-electron chi connectivity index (χ3n) is 3.51. The SMILES string of the molecule is COc1cc(/C=C2/SC(=NC(C)C)N(C(C)C)C2=O)cc([N+](=O)[O-])c1O. The molecule has 0 aliphatic carbocycles. The lowest BCUT2D eigenvalue weighted by Gasteiger charge is -2.20. The number of aromatic hydroxyl groups is 1. The van der Waals surface area contributed by atoms with Crippen molar-refractivity contribution in [2.24, 2.45) is 4.99 Å². The van der Waals surface area contributed by atoms with E-state index in [1.807, 2.05) is 27.7 Å². The molecular formula is C17H21N3O5S. The van der Waals surface area contributed by atoms with Gasteiger partial charge in [-0.2, -0.15) is 0 Å². The van der Waals surface area contributed by atoms with Crippen LogP contribution in [-0.4, -0.2) is 45.2 Å². The van der Waals surface area contributed by atoms with Crippen LogP contribution in [0.25, 0.3) is 6.08 Å². The second kappa shape index (κ2) is 7.77. The Morgan fingerprint density at radius 2 is 2.00 bits per heavy atom. The zero-order valence-corrected chi connectivity index (χ0v) is 16.0. The maximum absolute atomic E-state index is 12.7. The molecule has 0 aromatic heterocycles. The topological polar surface area (TPSA) is 105 Å². The number of hydrogen-bond acceptors (Lipinski definition) is 7. The summed E-state index contributed by atoms with van der Waals surface area (Å²) < 4.78 is 4.99. The molecule has 1 saturated heterocycles. The fraction of sp³-hybridized carbons (Fsp3) is 0.412. The molecule has 0 bridgehead atoms. The fourth-order valence-electron chi connectivity index (χ4n) is 2.40. The molecule has 2 rings (SSSR count). The van der Waals surface area contributed by atoms with Crippen molar-refractivity contribution in [1.82, 2.24) is 4.90 Å². The van der Waals surface area contributed by atoms with Crippen molar-refractivity contribution in [2.75, 3.05) is 7.11 Å². The number of methoxy groups -OCH3 is 1. The molecule has 1 aliphatic heterocycles. The second-order valence-corrected chi connectivity index (χ2v) is 7.24. The minimum absolute atomic E-state index is 0.0285. The van der Waals surface area contributed by atoms with Crippen molar-refractivity contribution >= 4 is 34.6 Å². The third-order valence-corrected chi connectivity index (χ3v) is 4.51. The van der Waals surface area contributed by atoms with Gasteiger partial charge in [0.25, 0.3) is 5.91 Å². The van der Waals surface area contributed by atoms with Gasteiger partial charge in [-0.25, -0.2) is 0 Å². The highest BCUT2D eigenvalue weighted by Gasteiger charge is 2.35. The molecule has 0 unspecified atom stereocenters. The molecule has 140 valence electrons. The quantitative estimate of drug-likeness (QED) is 0.477. The molecule has 1 N–H and O–H groups in total. The minimum Gasteiger partial charge on any atom is -0.500 e. The average Bonchev–Trinajstić information content (AvgIpc) is 2.83. The minimum atomic E-state index is -0.699. The first kappa shape index (κ1) is 19.8. The van der Waals surface area contributed by atoms with Crippen LogP contribution in [0.4, 0.5) is 5.69 Å². The summed E-state index contributed by atoms with van der Waals surface area (Å²) in [6.45, 7) is 7.64. The zero-order chi connectivity index (χ0) is 19.6. The maximum atomic E-state index is 12.7. The Balaban J connectivity index is 2.51. The summed E-state index contributed by atoms with van der Waals surface area (Å²) >= 11 is 1.22. The van der Waals surface area contributed by atoms with Crippen molar-refractivity contribution in [2.45, 2.75) is 39.8 Å². The first-order valence-corrected chi connectivity index (χ1v) is 8.83. The van der Waals surface area contributed by atoms with E-state index in [1.165, 1.54) is 31.0 Å². The van der Waals surface area contributed by atoms with Crippen LogP contribution in [0.1, 0.15) is 33.3 Å². The Morgan fingerprint density at radius 1 is 1.35 bits per heavy atom. The van der Waals surface area contributed by atoms with Gasteiger partial charge < -0.3 is 9.84 Å². The summed E-state index contributed by atoms with van der Waals surface area (Å²) in [6, 6.07) is 2.61. The van der Waals surface area contributed by atoms with Crippen molar-refractivity contribution in [1.29, 1.82) is 0 Å². The van der Waals surface area contributed by atoms with Gasteiger partial charge in [0.05, 0.1) is 16.9 Å². The monoisotopic (exact) mass is 379 g/mol. The number of rotatable bonds is 5. The molecule has 0 saturated carbocycles. The predicted molar refractivity (Wildman–Crippen MR) is 101 cm³/mol. The van der Waals surface area contributed by atoms with E-state index in [0.29, 0.717) is 15.6 Å². The highest BCUT2D eigenvalue weighted by Crippen LogP contribution is 2.39. The standard InChI is InChI=1S/C17H21N3O5S/c1-9(2)18-17-19(10(3)4)16(22)14(26-17)8-11-6-12(20(23)24)15(21)13(7-11)25-5/h6-10,21H,1-5H3/b14-8+,18-17?. The van der Waals surface area contributed by atoms with Crippen LogP contribution in [0.15, 0.2) is 22.0 Å². The summed E-state index contributed by atoms with van der Waals surface area (Å²) in [5.41, 5.74) is -0.0971. The van der Waals surface area contributed by atoms with E-state index >= 15 is 0 Å². The van der Waals surface area contributed by atoms with Crippen molar-refractivity contribution in [3.63, 3.8) is 0 Å². The number of carbonyl (C=O) groups excluding carboxylic acids is 1. The van der Waals surface area contributed by atoms with Gasteiger partial charge in [-0.1, -0.05) is 0 Å². The molecule has 1 heterocycles. The number of benzene rings is 1. The van der Waals surface area contributed by atoms with E-state index in [0.717, 1.165) is 0 Å². The number of amidine groups is 1. The summed E-state index contributed by atoms with van der Waals surface area (Å²) in [5.74, 6) is -0.784. The third kappa shape index (κ3) is 3.98. The van der Waals surface area contributed by atoms with Gasteiger partial charge >= 0.3 is 5.69 Å². The number of nitro groups is 1. The maximum Gasteiger partial charge on any atom is 0.315 e. The van der Waals surface area contributed by atoms with Crippen LogP contribution >= 0.6 is 11.8 Å². The summed E-state index contributed by atoms with van der Waals surface area (Å²) in [6.07, 6.45) is 1.54. The summed E-state index contributed by atoms with van der Waals surface area (Å²) in [4.78, 5) is 29.6. The molecular weight excluding hydrogens is 358 g/mol. The van der Waals surface area contributed by atoms with Gasteiger partial charge in [-0.15, -0.1) is 0 Å². The number of thioether (sulfide) groups is 1. The van der Waals surface area contributed by atoms with E-state index in [1.54, 1.807) is 11.0 Å². The lowest BCUT2D eigenvalue weighted by molar-refractivity contribution is -0.386. The molecule has 0 atom stereocenters. The van der Waals surface area contributed by atoms with Crippen molar-refractivity contribution in [3.05, 3.63) is 32.7 Å². The molecule has 0 radical (unpaired) electrons. The Bertz CT molecular complexity index is 802. The number of aliphatic imine (C=N–C) groups is 1. The first-order chi connectivity index (χ1) is 12.1. The largest absolute Gasteiger partial charge is 0.500 e.